The number of fused-ring (bicyclic) bond motifs is 3. The van der Waals surface area contributed by atoms with Crippen LogP contribution in [-0.2, 0) is 24.3 Å². The second-order valence-corrected chi connectivity index (χ2v) is 8.96. The molecule has 2 heterocycles. The molecule has 1 amide bonds. The third-order valence-electron chi connectivity index (χ3n) is 6.50. The summed E-state index contributed by atoms with van der Waals surface area (Å²) < 4.78 is 16.6. The first-order valence-corrected chi connectivity index (χ1v) is 12.1. The summed E-state index contributed by atoms with van der Waals surface area (Å²) in [4.78, 5) is 26.5. The Morgan fingerprint density at radius 1 is 0.944 bits per heavy atom. The molecule has 2 aromatic heterocycles. The van der Waals surface area contributed by atoms with Gasteiger partial charge in [0.05, 0.1) is 6.20 Å². The second kappa shape index (κ2) is 10.2. The average molecular weight is 483 g/mol. The van der Waals surface area contributed by atoms with Crippen LogP contribution in [0.1, 0.15) is 24.5 Å². The molecule has 0 aliphatic heterocycles. The molecule has 0 bridgehead atoms. The third-order valence-corrected chi connectivity index (χ3v) is 6.50. The summed E-state index contributed by atoms with van der Waals surface area (Å²) >= 11 is 0. The summed E-state index contributed by atoms with van der Waals surface area (Å²) in [6, 6.07) is 23.9. The smallest absolute Gasteiger partial charge is 0.291 e. The van der Waals surface area contributed by atoms with E-state index >= 15 is 0 Å². The Bertz CT molecular complexity index is 1570. The number of carbonyl (C=O) groups excluding carboxylic acids is 1. The first kappa shape index (κ1) is 23.5. The van der Waals surface area contributed by atoms with Crippen LogP contribution in [0.3, 0.4) is 0 Å². The lowest BCUT2D eigenvalue weighted by Gasteiger charge is -2.17. The first-order chi connectivity index (χ1) is 17.5. The molecule has 1 atom stereocenters. The quantitative estimate of drug-likeness (QED) is 0.349. The van der Waals surface area contributed by atoms with E-state index in [-0.39, 0.29) is 29.9 Å². The van der Waals surface area contributed by atoms with Crippen LogP contribution in [0.5, 0.6) is 0 Å². The van der Waals surface area contributed by atoms with Gasteiger partial charge in [-0.2, -0.15) is 5.10 Å². The van der Waals surface area contributed by atoms with Crippen molar-refractivity contribution >= 4 is 27.7 Å². The molecule has 182 valence electrons. The molecule has 0 aliphatic carbocycles. The van der Waals surface area contributed by atoms with Crippen molar-refractivity contribution in [3.8, 4) is 0 Å². The van der Waals surface area contributed by atoms with Crippen molar-refractivity contribution in [2.75, 3.05) is 0 Å². The number of para-hydroxylation sites is 1. The van der Waals surface area contributed by atoms with Gasteiger partial charge >= 0.3 is 0 Å². The minimum absolute atomic E-state index is 0.0377. The summed E-state index contributed by atoms with van der Waals surface area (Å²) in [6.07, 6.45) is 3.14. The summed E-state index contributed by atoms with van der Waals surface area (Å²) in [7, 11) is 0. The molecule has 0 saturated heterocycles. The molecular weight excluding hydrogens is 455 g/mol. The molecular formula is C29H27FN4O2. The molecule has 5 aromatic rings. The van der Waals surface area contributed by atoms with Crippen LogP contribution in [0.25, 0.3) is 21.8 Å². The SMILES string of the molecule is CC[C@H](Cc1ccccc1)NC(=O)Cn1ncc2c3ccccc3n(Cc3ccc(F)cc3)c2c1=O. The van der Waals surface area contributed by atoms with Gasteiger partial charge in [0.25, 0.3) is 5.56 Å². The Morgan fingerprint density at radius 2 is 1.67 bits per heavy atom. The lowest BCUT2D eigenvalue weighted by molar-refractivity contribution is -0.122. The van der Waals surface area contributed by atoms with Crippen LogP contribution < -0.4 is 10.9 Å². The zero-order valence-electron chi connectivity index (χ0n) is 20.0. The maximum Gasteiger partial charge on any atom is 0.291 e. The zero-order valence-corrected chi connectivity index (χ0v) is 20.0. The van der Waals surface area contributed by atoms with E-state index in [1.165, 1.54) is 16.8 Å². The van der Waals surface area contributed by atoms with Gasteiger partial charge in [0.2, 0.25) is 5.91 Å². The number of benzene rings is 3. The number of halogens is 1. The molecule has 7 heteroatoms. The predicted octanol–water partition coefficient (Wildman–Crippen LogP) is 4.68. The normalized spacial score (nSPS) is 12.2. The van der Waals surface area contributed by atoms with Gasteiger partial charge in [-0.1, -0.05) is 67.6 Å². The number of amides is 1. The Hall–Kier alpha value is -4.26. The van der Waals surface area contributed by atoms with Gasteiger partial charge in [-0.3, -0.25) is 9.59 Å². The molecule has 0 radical (unpaired) electrons. The molecule has 0 aliphatic rings. The fraction of sp³-hybridized carbons (Fsp3) is 0.207. The van der Waals surface area contributed by atoms with E-state index in [4.69, 9.17) is 0 Å². The van der Waals surface area contributed by atoms with Crippen molar-refractivity contribution in [3.05, 3.63) is 112 Å². The fourth-order valence-corrected chi connectivity index (χ4v) is 4.65. The van der Waals surface area contributed by atoms with E-state index in [0.29, 0.717) is 12.1 Å². The van der Waals surface area contributed by atoms with Crippen molar-refractivity contribution in [2.45, 2.75) is 38.9 Å². The van der Waals surface area contributed by atoms with Gasteiger partial charge in [-0.05, 0) is 42.2 Å². The third kappa shape index (κ3) is 4.77. The highest BCUT2D eigenvalue weighted by Gasteiger charge is 2.18. The van der Waals surface area contributed by atoms with Gasteiger partial charge in [-0.25, -0.2) is 9.07 Å². The van der Waals surface area contributed by atoms with Crippen molar-refractivity contribution in [1.29, 1.82) is 0 Å². The number of carbonyl (C=O) groups is 1. The molecule has 3 aromatic carbocycles. The Morgan fingerprint density at radius 3 is 2.42 bits per heavy atom. The number of aromatic nitrogens is 3. The van der Waals surface area contributed by atoms with Crippen molar-refractivity contribution in [1.82, 2.24) is 19.7 Å². The highest BCUT2D eigenvalue weighted by atomic mass is 19.1. The lowest BCUT2D eigenvalue weighted by atomic mass is 10.0. The van der Waals surface area contributed by atoms with E-state index in [0.717, 1.165) is 40.3 Å². The highest BCUT2D eigenvalue weighted by Crippen LogP contribution is 2.27. The largest absolute Gasteiger partial charge is 0.351 e. The van der Waals surface area contributed by atoms with E-state index in [1.54, 1.807) is 18.3 Å². The number of nitrogens with one attached hydrogen (secondary N) is 1. The van der Waals surface area contributed by atoms with Crippen LogP contribution in [0.4, 0.5) is 4.39 Å². The van der Waals surface area contributed by atoms with Crippen LogP contribution >= 0.6 is 0 Å². The van der Waals surface area contributed by atoms with Gasteiger partial charge < -0.3 is 9.88 Å². The molecule has 0 spiro atoms. The maximum atomic E-state index is 13.6. The summed E-state index contributed by atoms with van der Waals surface area (Å²) in [6.45, 7) is 2.25. The van der Waals surface area contributed by atoms with E-state index in [1.807, 2.05) is 66.1 Å². The molecule has 0 saturated carbocycles. The first-order valence-electron chi connectivity index (χ1n) is 12.1. The highest BCUT2D eigenvalue weighted by molar-refractivity contribution is 6.07. The number of hydrogen-bond donors (Lipinski definition) is 1. The molecule has 0 fully saturated rings. The van der Waals surface area contributed by atoms with Gasteiger partial charge in [-0.15, -0.1) is 0 Å². The van der Waals surface area contributed by atoms with Crippen LogP contribution in [0.2, 0.25) is 0 Å². The molecule has 5 rings (SSSR count). The van der Waals surface area contributed by atoms with Crippen LogP contribution in [0, 0.1) is 5.82 Å². The van der Waals surface area contributed by atoms with Gasteiger partial charge in [0, 0.05) is 28.9 Å². The topological polar surface area (TPSA) is 68.9 Å². The molecule has 0 unspecified atom stereocenters. The number of hydrogen-bond acceptors (Lipinski definition) is 3. The lowest BCUT2D eigenvalue weighted by Crippen LogP contribution is -2.40. The van der Waals surface area contributed by atoms with Crippen LogP contribution in [-0.4, -0.2) is 26.3 Å². The number of nitrogens with zero attached hydrogens (tertiary/aromatic N) is 3. The predicted molar refractivity (Wildman–Crippen MR) is 139 cm³/mol. The molecule has 36 heavy (non-hydrogen) atoms. The minimum atomic E-state index is -0.336. The van der Waals surface area contributed by atoms with Crippen molar-refractivity contribution in [2.24, 2.45) is 0 Å². The standard InChI is InChI=1S/C29H27FN4O2/c1-2-23(16-20-8-4-3-5-9-20)32-27(35)19-34-29(36)28-25(17-31-34)24-10-6-7-11-26(24)33(28)18-21-12-14-22(30)15-13-21/h3-15,17,23H,2,16,18-19H2,1H3,(H,32,35)/t23-/m1/s1. The summed E-state index contributed by atoms with van der Waals surface area (Å²) in [5.41, 5.74) is 3.03. The Kier molecular flexibility index (Phi) is 6.62. The molecule has 1 N–H and O–H groups in total. The summed E-state index contributed by atoms with van der Waals surface area (Å²) in [5, 5.41) is 9.00. The zero-order chi connectivity index (χ0) is 25.1. The van der Waals surface area contributed by atoms with E-state index < -0.39 is 0 Å². The molecule has 6 nitrogen and oxygen atoms in total. The van der Waals surface area contributed by atoms with Gasteiger partial charge in [0.1, 0.15) is 17.9 Å². The number of rotatable bonds is 8. The van der Waals surface area contributed by atoms with E-state index in [9.17, 15) is 14.0 Å². The monoisotopic (exact) mass is 482 g/mol. The Labute approximate surface area is 208 Å². The summed E-state index contributed by atoms with van der Waals surface area (Å²) in [5.74, 6) is -0.566. The average Bonchev–Trinajstić information content (AvgIpc) is 3.21. The fourth-order valence-electron chi connectivity index (χ4n) is 4.65. The minimum Gasteiger partial charge on any atom is -0.351 e. The van der Waals surface area contributed by atoms with Crippen molar-refractivity contribution < 1.29 is 9.18 Å². The second-order valence-electron chi connectivity index (χ2n) is 8.96. The maximum absolute atomic E-state index is 13.6. The van der Waals surface area contributed by atoms with Gasteiger partial charge in [0.15, 0.2) is 0 Å². The Balaban J connectivity index is 1.46. The van der Waals surface area contributed by atoms with Crippen LogP contribution in [0.15, 0.2) is 89.9 Å². The van der Waals surface area contributed by atoms with Crippen molar-refractivity contribution in [3.63, 3.8) is 0 Å². The van der Waals surface area contributed by atoms with E-state index in [2.05, 4.69) is 10.4 Å².